The third-order valence-electron chi connectivity index (χ3n) is 2.46. The first-order chi connectivity index (χ1) is 8.76. The highest BCUT2D eigenvalue weighted by molar-refractivity contribution is 5.82. The molecule has 0 saturated carbocycles. The number of hydrogen-bond donors (Lipinski definition) is 4. The Balaban J connectivity index is 4.40. The summed E-state index contributed by atoms with van der Waals surface area (Å²) in [5, 5.41) is 22.5. The highest BCUT2D eigenvalue weighted by Crippen LogP contribution is 2.05. The van der Waals surface area contributed by atoms with Crippen molar-refractivity contribution in [1.29, 1.82) is 0 Å². The smallest absolute Gasteiger partial charge is 0.328 e. The van der Waals surface area contributed by atoms with E-state index in [9.17, 15) is 9.59 Å². The van der Waals surface area contributed by atoms with Crippen LogP contribution >= 0.6 is 0 Å². The summed E-state index contributed by atoms with van der Waals surface area (Å²) in [6, 6.07) is -1.92. The molecule has 0 aliphatic carbocycles. The van der Waals surface area contributed by atoms with Crippen molar-refractivity contribution in [1.82, 2.24) is 15.5 Å². The van der Waals surface area contributed by atoms with Crippen molar-refractivity contribution in [3.8, 4) is 0 Å². The molecule has 7 heteroatoms. The summed E-state index contributed by atoms with van der Waals surface area (Å²) in [7, 11) is 3.81. The fraction of sp³-hybridized carbons (Fsp3) is 0.833. The molecule has 0 aliphatic heterocycles. The molecule has 0 aromatic carbocycles. The van der Waals surface area contributed by atoms with E-state index in [1.54, 1.807) is 0 Å². The van der Waals surface area contributed by atoms with Crippen molar-refractivity contribution in [2.24, 2.45) is 5.92 Å². The van der Waals surface area contributed by atoms with Gasteiger partial charge in [-0.25, -0.2) is 9.59 Å². The molecule has 0 bridgehead atoms. The summed E-state index contributed by atoms with van der Waals surface area (Å²) < 4.78 is 0. The maximum atomic E-state index is 11.7. The summed E-state index contributed by atoms with van der Waals surface area (Å²) >= 11 is 0. The SMILES string of the molecule is CC(C)CC(CN(C)C)NC(=O)NC(CO)C(=O)O. The van der Waals surface area contributed by atoms with Crippen molar-refractivity contribution in [2.45, 2.75) is 32.4 Å². The molecule has 0 aromatic rings. The highest BCUT2D eigenvalue weighted by atomic mass is 16.4. The van der Waals surface area contributed by atoms with Gasteiger partial charge in [-0.3, -0.25) is 0 Å². The van der Waals surface area contributed by atoms with Crippen molar-refractivity contribution in [2.75, 3.05) is 27.2 Å². The van der Waals surface area contributed by atoms with Gasteiger partial charge in [-0.1, -0.05) is 13.8 Å². The van der Waals surface area contributed by atoms with Crippen LogP contribution in [0.15, 0.2) is 0 Å². The van der Waals surface area contributed by atoms with Crippen LogP contribution in [-0.2, 0) is 4.79 Å². The second-order valence-corrected chi connectivity index (χ2v) is 5.28. The molecule has 0 spiro atoms. The quantitative estimate of drug-likeness (QED) is 0.487. The normalized spacial score (nSPS) is 14.3. The van der Waals surface area contributed by atoms with Gasteiger partial charge in [0.25, 0.3) is 0 Å². The fourth-order valence-electron chi connectivity index (χ4n) is 1.76. The van der Waals surface area contributed by atoms with Gasteiger partial charge in [-0.05, 0) is 26.4 Å². The summed E-state index contributed by atoms with van der Waals surface area (Å²) in [5.41, 5.74) is 0. The van der Waals surface area contributed by atoms with Gasteiger partial charge in [0, 0.05) is 12.6 Å². The fourth-order valence-corrected chi connectivity index (χ4v) is 1.76. The summed E-state index contributed by atoms with van der Waals surface area (Å²) in [4.78, 5) is 24.3. The zero-order valence-electron chi connectivity index (χ0n) is 12.0. The number of nitrogens with one attached hydrogen (secondary N) is 2. The molecule has 0 fully saturated rings. The van der Waals surface area contributed by atoms with Crippen molar-refractivity contribution >= 4 is 12.0 Å². The van der Waals surface area contributed by atoms with Gasteiger partial charge in [0.05, 0.1) is 6.61 Å². The van der Waals surface area contributed by atoms with E-state index in [4.69, 9.17) is 10.2 Å². The van der Waals surface area contributed by atoms with Gasteiger partial charge in [-0.2, -0.15) is 0 Å². The Morgan fingerprint density at radius 3 is 2.16 bits per heavy atom. The third kappa shape index (κ3) is 8.39. The number of urea groups is 1. The Bertz CT molecular complexity index is 285. The molecular formula is C12H25N3O4. The van der Waals surface area contributed by atoms with E-state index in [-0.39, 0.29) is 6.04 Å². The third-order valence-corrected chi connectivity index (χ3v) is 2.46. The molecule has 0 aliphatic rings. The standard InChI is InChI=1S/C12H25N3O4/c1-8(2)5-9(6-15(3)4)13-12(19)14-10(7-16)11(17)18/h8-10,16H,5-7H2,1-4H3,(H,17,18)(H2,13,14,19). The second kappa shape index (κ2) is 8.71. The van der Waals surface area contributed by atoms with E-state index < -0.39 is 24.6 Å². The van der Waals surface area contributed by atoms with Gasteiger partial charge < -0.3 is 25.7 Å². The minimum Gasteiger partial charge on any atom is -0.480 e. The lowest BCUT2D eigenvalue weighted by molar-refractivity contribution is -0.140. The number of likely N-dealkylation sites (N-methyl/N-ethyl adjacent to an activating group) is 1. The van der Waals surface area contributed by atoms with Gasteiger partial charge >= 0.3 is 12.0 Å². The number of amides is 2. The Labute approximate surface area is 114 Å². The molecule has 4 N–H and O–H groups in total. The number of carboxylic acids is 1. The Morgan fingerprint density at radius 2 is 1.79 bits per heavy atom. The number of hydrogen-bond acceptors (Lipinski definition) is 4. The number of carboxylic acid groups (broad SMARTS) is 1. The minimum absolute atomic E-state index is 0.0665. The number of rotatable bonds is 8. The average molecular weight is 275 g/mol. The number of aliphatic hydroxyl groups excluding tert-OH is 1. The molecule has 0 saturated heterocycles. The first kappa shape index (κ1) is 17.7. The molecule has 0 rings (SSSR count). The molecule has 7 nitrogen and oxygen atoms in total. The van der Waals surface area contributed by atoms with E-state index in [2.05, 4.69) is 24.5 Å². The lowest BCUT2D eigenvalue weighted by Gasteiger charge is -2.24. The zero-order valence-corrected chi connectivity index (χ0v) is 12.0. The number of carbonyl (C=O) groups is 2. The first-order valence-electron chi connectivity index (χ1n) is 6.31. The van der Waals surface area contributed by atoms with Crippen LogP contribution in [0.1, 0.15) is 20.3 Å². The molecule has 2 atom stereocenters. The molecule has 2 unspecified atom stereocenters. The summed E-state index contributed by atoms with van der Waals surface area (Å²) in [5.74, 6) is -0.843. The molecule has 0 heterocycles. The van der Waals surface area contributed by atoms with Crippen LogP contribution in [0, 0.1) is 5.92 Å². The van der Waals surface area contributed by atoms with E-state index in [1.807, 2.05) is 19.0 Å². The van der Waals surface area contributed by atoms with Crippen molar-refractivity contribution < 1.29 is 19.8 Å². The molecule has 112 valence electrons. The Kier molecular flexibility index (Phi) is 8.09. The predicted octanol–water partition coefficient (Wildman–Crippen LogP) is -0.293. The average Bonchev–Trinajstić information content (AvgIpc) is 2.23. The summed E-state index contributed by atoms with van der Waals surface area (Å²) in [6.07, 6.45) is 0.794. The monoisotopic (exact) mass is 275 g/mol. The Morgan fingerprint density at radius 1 is 1.21 bits per heavy atom. The van der Waals surface area contributed by atoms with Crippen LogP contribution in [0.25, 0.3) is 0 Å². The largest absolute Gasteiger partial charge is 0.480 e. The second-order valence-electron chi connectivity index (χ2n) is 5.28. The van der Waals surface area contributed by atoms with E-state index in [1.165, 1.54) is 0 Å². The molecule has 2 amide bonds. The topological polar surface area (TPSA) is 102 Å². The minimum atomic E-state index is -1.28. The van der Waals surface area contributed by atoms with Gasteiger partial charge in [0.15, 0.2) is 6.04 Å². The van der Waals surface area contributed by atoms with Crippen LogP contribution in [0.3, 0.4) is 0 Å². The molecule has 19 heavy (non-hydrogen) atoms. The molecule has 0 aromatic heterocycles. The van der Waals surface area contributed by atoms with Gasteiger partial charge in [-0.15, -0.1) is 0 Å². The maximum absolute atomic E-state index is 11.7. The lowest BCUT2D eigenvalue weighted by Crippen LogP contribution is -2.52. The summed E-state index contributed by atoms with van der Waals surface area (Å²) in [6.45, 7) is 4.14. The number of aliphatic carboxylic acids is 1. The number of carbonyl (C=O) groups excluding carboxylic acids is 1. The van der Waals surface area contributed by atoms with Crippen LogP contribution in [0.4, 0.5) is 4.79 Å². The predicted molar refractivity (Wildman–Crippen MR) is 72.0 cm³/mol. The first-order valence-corrected chi connectivity index (χ1v) is 6.31. The van der Waals surface area contributed by atoms with Crippen molar-refractivity contribution in [3.63, 3.8) is 0 Å². The Hall–Kier alpha value is -1.34. The molecule has 0 radical (unpaired) electrons. The van der Waals surface area contributed by atoms with Crippen LogP contribution in [0.2, 0.25) is 0 Å². The lowest BCUT2D eigenvalue weighted by atomic mass is 10.0. The van der Waals surface area contributed by atoms with E-state index in [0.29, 0.717) is 12.5 Å². The van der Waals surface area contributed by atoms with Crippen LogP contribution in [0.5, 0.6) is 0 Å². The number of aliphatic hydroxyl groups is 1. The van der Waals surface area contributed by atoms with E-state index in [0.717, 1.165) is 6.42 Å². The maximum Gasteiger partial charge on any atom is 0.328 e. The highest BCUT2D eigenvalue weighted by Gasteiger charge is 2.21. The van der Waals surface area contributed by atoms with Gasteiger partial charge in [0.2, 0.25) is 0 Å². The zero-order chi connectivity index (χ0) is 15.0. The van der Waals surface area contributed by atoms with E-state index >= 15 is 0 Å². The van der Waals surface area contributed by atoms with Crippen LogP contribution in [-0.4, -0.2) is 66.4 Å². The van der Waals surface area contributed by atoms with Crippen LogP contribution < -0.4 is 10.6 Å². The van der Waals surface area contributed by atoms with Gasteiger partial charge in [0.1, 0.15) is 0 Å². The molecular weight excluding hydrogens is 250 g/mol. The number of nitrogens with zero attached hydrogens (tertiary/aromatic N) is 1. The van der Waals surface area contributed by atoms with Crippen molar-refractivity contribution in [3.05, 3.63) is 0 Å².